The van der Waals surface area contributed by atoms with Gasteiger partial charge in [0.1, 0.15) is 0 Å². The van der Waals surface area contributed by atoms with Crippen molar-refractivity contribution in [3.05, 3.63) is 168 Å². The molecular weight excluding hydrogens is 532 g/mol. The van der Waals surface area contributed by atoms with Crippen LogP contribution in [0.5, 0.6) is 0 Å². The van der Waals surface area contributed by atoms with Gasteiger partial charge in [0, 0.05) is 34.1 Å². The summed E-state index contributed by atoms with van der Waals surface area (Å²) in [6, 6.07) is 54.1. The van der Waals surface area contributed by atoms with Crippen molar-refractivity contribution >= 4 is 55.7 Å². The van der Waals surface area contributed by atoms with E-state index < -0.39 is 0 Å². The second-order valence-corrected chi connectivity index (χ2v) is 12.1. The predicted molar refractivity (Wildman–Crippen MR) is 186 cm³/mol. The fourth-order valence-electron chi connectivity index (χ4n) is 7.37. The van der Waals surface area contributed by atoms with Crippen molar-refractivity contribution in [3.8, 4) is 0 Å². The lowest BCUT2D eigenvalue weighted by Gasteiger charge is -2.28. The Hall–Kier alpha value is -5.34. The molecule has 0 N–H and O–H groups in total. The molecule has 0 aromatic heterocycles. The van der Waals surface area contributed by atoms with Crippen molar-refractivity contribution in [2.24, 2.45) is 0 Å². The van der Waals surface area contributed by atoms with Crippen molar-refractivity contribution in [1.29, 1.82) is 0 Å². The van der Waals surface area contributed by atoms with Crippen LogP contribution < -0.4 is 9.80 Å². The van der Waals surface area contributed by atoms with E-state index in [0.717, 1.165) is 25.7 Å². The van der Waals surface area contributed by atoms with Crippen molar-refractivity contribution in [1.82, 2.24) is 0 Å². The minimum Gasteiger partial charge on any atom is -0.310 e. The van der Waals surface area contributed by atoms with E-state index in [0.29, 0.717) is 0 Å². The number of hydrogen-bond acceptors (Lipinski definition) is 2. The Morgan fingerprint density at radius 3 is 0.955 bits per heavy atom. The Morgan fingerprint density at radius 2 is 0.614 bits per heavy atom. The van der Waals surface area contributed by atoms with Gasteiger partial charge in [0.25, 0.3) is 0 Å². The summed E-state index contributed by atoms with van der Waals surface area (Å²) < 4.78 is 0. The molecule has 0 saturated carbocycles. The highest BCUT2D eigenvalue weighted by Gasteiger charge is 2.23. The Balaban J connectivity index is 1.18. The molecule has 7 aromatic carbocycles. The maximum atomic E-state index is 2.46. The van der Waals surface area contributed by atoms with E-state index in [1.54, 1.807) is 0 Å². The zero-order valence-electron chi connectivity index (χ0n) is 24.6. The summed E-state index contributed by atoms with van der Waals surface area (Å²) in [4.78, 5) is 4.91. The monoisotopic (exact) mass is 564 g/mol. The Bertz CT molecular complexity index is 1960. The summed E-state index contributed by atoms with van der Waals surface area (Å²) >= 11 is 0. The largest absolute Gasteiger partial charge is 0.310 e. The SMILES string of the molecule is c1ccc2c(c1)CCc1ccccc1N2c1ccc2cc3cc(N4c5ccccc5CCc5ccccc54)ccc3cc2c1. The van der Waals surface area contributed by atoms with Gasteiger partial charge in [-0.3, -0.25) is 0 Å². The van der Waals surface area contributed by atoms with Gasteiger partial charge in [-0.1, -0.05) is 84.9 Å². The number of aryl methyl sites for hydroxylation is 4. The number of para-hydroxylation sites is 4. The van der Waals surface area contributed by atoms with Crippen molar-refractivity contribution in [2.75, 3.05) is 9.80 Å². The van der Waals surface area contributed by atoms with Crippen LogP contribution in [0.3, 0.4) is 0 Å². The van der Waals surface area contributed by atoms with Crippen LogP contribution in [0.25, 0.3) is 21.5 Å². The summed E-state index contributed by atoms with van der Waals surface area (Å²) in [7, 11) is 0. The van der Waals surface area contributed by atoms with Crippen LogP contribution in [-0.2, 0) is 25.7 Å². The first kappa shape index (κ1) is 25.2. The van der Waals surface area contributed by atoms with Gasteiger partial charge in [-0.05, 0) is 130 Å². The molecule has 0 bridgehead atoms. The van der Waals surface area contributed by atoms with E-state index >= 15 is 0 Å². The highest BCUT2D eigenvalue weighted by atomic mass is 15.2. The molecule has 0 saturated heterocycles. The van der Waals surface area contributed by atoms with Crippen LogP contribution in [-0.4, -0.2) is 0 Å². The molecule has 0 atom stereocenters. The molecule has 210 valence electrons. The van der Waals surface area contributed by atoms with Gasteiger partial charge in [0.15, 0.2) is 0 Å². The Morgan fingerprint density at radius 1 is 0.295 bits per heavy atom. The van der Waals surface area contributed by atoms with Crippen LogP contribution in [0.1, 0.15) is 22.3 Å². The smallest absolute Gasteiger partial charge is 0.0493 e. The van der Waals surface area contributed by atoms with Gasteiger partial charge in [0.05, 0.1) is 0 Å². The Labute approximate surface area is 258 Å². The molecule has 0 fully saturated rings. The third-order valence-electron chi connectivity index (χ3n) is 9.54. The van der Waals surface area contributed by atoms with E-state index in [2.05, 4.69) is 155 Å². The molecule has 2 heterocycles. The average Bonchev–Trinajstić information content (AvgIpc) is 3.35. The van der Waals surface area contributed by atoms with Gasteiger partial charge in [0.2, 0.25) is 0 Å². The number of nitrogens with zero attached hydrogens (tertiary/aromatic N) is 2. The van der Waals surface area contributed by atoms with Crippen molar-refractivity contribution in [3.63, 3.8) is 0 Å². The summed E-state index contributed by atoms with van der Waals surface area (Å²) in [5.41, 5.74) is 13.1. The molecule has 0 aliphatic carbocycles. The minimum atomic E-state index is 1.05. The fraction of sp³-hybridized carbons (Fsp3) is 0.0952. The highest BCUT2D eigenvalue weighted by Crippen LogP contribution is 2.44. The van der Waals surface area contributed by atoms with Gasteiger partial charge in [-0.15, -0.1) is 0 Å². The zero-order chi connectivity index (χ0) is 29.0. The number of fused-ring (bicyclic) bond motifs is 6. The van der Waals surface area contributed by atoms with Crippen LogP contribution in [0.4, 0.5) is 34.1 Å². The average molecular weight is 565 g/mol. The van der Waals surface area contributed by atoms with Crippen LogP contribution in [0.2, 0.25) is 0 Å². The standard InChI is InChI=1S/C42H32N2/c1-5-13-39-29(9-1)17-18-30-10-2-6-14-40(30)43(39)37-23-21-33-26-36-28-38(24-22-34(36)25-35(33)27-37)44-41-15-7-3-11-31(41)19-20-32-12-4-8-16-42(32)44/h1-16,21-28H,17-20H2. The van der Waals surface area contributed by atoms with E-state index in [4.69, 9.17) is 0 Å². The Kier molecular flexibility index (Phi) is 5.80. The summed E-state index contributed by atoms with van der Waals surface area (Å²) in [6.45, 7) is 0. The number of benzene rings is 7. The highest BCUT2D eigenvalue weighted by molar-refractivity contribution is 6.02. The molecule has 2 heteroatoms. The molecule has 44 heavy (non-hydrogen) atoms. The summed E-state index contributed by atoms with van der Waals surface area (Å²) in [6.07, 6.45) is 4.21. The zero-order valence-corrected chi connectivity index (χ0v) is 24.6. The van der Waals surface area contributed by atoms with E-state index in [1.807, 2.05) is 0 Å². The normalized spacial score (nSPS) is 13.9. The first-order chi connectivity index (χ1) is 21.8. The first-order valence-electron chi connectivity index (χ1n) is 15.7. The first-order valence-corrected chi connectivity index (χ1v) is 15.7. The fourth-order valence-corrected chi connectivity index (χ4v) is 7.37. The number of rotatable bonds is 2. The predicted octanol–water partition coefficient (Wildman–Crippen LogP) is 11.1. The van der Waals surface area contributed by atoms with Gasteiger partial charge in [-0.25, -0.2) is 0 Å². The third kappa shape index (κ3) is 4.10. The lowest BCUT2D eigenvalue weighted by molar-refractivity contribution is 0.977. The molecule has 0 radical (unpaired) electrons. The maximum absolute atomic E-state index is 2.46. The van der Waals surface area contributed by atoms with Crippen LogP contribution >= 0.6 is 0 Å². The summed E-state index contributed by atoms with van der Waals surface area (Å²) in [5.74, 6) is 0. The molecule has 2 aliphatic heterocycles. The van der Waals surface area contributed by atoms with Gasteiger partial charge in [-0.2, -0.15) is 0 Å². The van der Waals surface area contributed by atoms with Gasteiger partial charge < -0.3 is 9.80 Å². The van der Waals surface area contributed by atoms with Crippen LogP contribution in [0, 0.1) is 0 Å². The van der Waals surface area contributed by atoms with E-state index in [-0.39, 0.29) is 0 Å². The third-order valence-corrected chi connectivity index (χ3v) is 9.54. The maximum Gasteiger partial charge on any atom is 0.0493 e. The summed E-state index contributed by atoms with van der Waals surface area (Å²) in [5, 5.41) is 5.03. The molecule has 7 aromatic rings. The van der Waals surface area contributed by atoms with Crippen molar-refractivity contribution < 1.29 is 0 Å². The second kappa shape index (κ2) is 10.1. The van der Waals surface area contributed by atoms with Crippen molar-refractivity contribution in [2.45, 2.75) is 25.7 Å². The number of hydrogen-bond donors (Lipinski definition) is 0. The second-order valence-electron chi connectivity index (χ2n) is 12.1. The topological polar surface area (TPSA) is 6.48 Å². The number of anilines is 6. The molecule has 9 rings (SSSR count). The van der Waals surface area contributed by atoms with E-state index in [9.17, 15) is 0 Å². The quantitative estimate of drug-likeness (QED) is 0.193. The molecule has 2 nitrogen and oxygen atoms in total. The molecule has 2 aliphatic rings. The lowest BCUT2D eigenvalue weighted by atomic mass is 10.0. The molecule has 0 unspecified atom stereocenters. The lowest BCUT2D eigenvalue weighted by Crippen LogP contribution is -2.11. The minimum absolute atomic E-state index is 1.05. The molecular formula is C42H32N2. The van der Waals surface area contributed by atoms with Gasteiger partial charge >= 0.3 is 0 Å². The van der Waals surface area contributed by atoms with Crippen LogP contribution in [0.15, 0.2) is 146 Å². The molecule has 0 spiro atoms. The van der Waals surface area contributed by atoms with E-state index in [1.165, 1.54) is 77.9 Å². The molecule has 0 amide bonds.